The summed E-state index contributed by atoms with van der Waals surface area (Å²) in [7, 11) is 0. The molecule has 1 unspecified atom stereocenters. The molecule has 5 nitrogen and oxygen atoms in total. The average Bonchev–Trinajstić information content (AvgIpc) is 3.32. The molecular formula is C61H100O5. The van der Waals surface area contributed by atoms with Crippen molar-refractivity contribution in [1.82, 2.24) is 0 Å². The standard InChI is InChI=1S/C61H100O5/c1-4-7-10-13-16-19-22-24-26-28-30-32-34-36-38-41-44-47-50-53-56-64-57-59(66-61(63)55-52-49-46-43-39-21-18-15-12-9-6-3)58-65-60(62)54-51-48-45-42-40-37-35-33-31-29-27-25-23-20-17-14-11-8-5-2/h7,10,15-20,24-27,30-33,36,38,44,47,59H,4-6,8-9,11-14,21-23,28-29,34-35,37,39-43,45-46,48-58H2,1-3H3/b10-7-,18-15-,19-16-,20-17-,26-24-,27-25-,32-30-,33-31-,38-36-,47-44-. The lowest BCUT2D eigenvalue weighted by Crippen LogP contribution is -2.30. The maximum atomic E-state index is 12.8. The van der Waals surface area contributed by atoms with Crippen LogP contribution in [0.3, 0.4) is 0 Å². The molecule has 1 atom stereocenters. The summed E-state index contributed by atoms with van der Waals surface area (Å²) in [5, 5.41) is 0. The van der Waals surface area contributed by atoms with E-state index < -0.39 is 6.10 Å². The molecule has 0 aromatic rings. The van der Waals surface area contributed by atoms with E-state index in [1.807, 2.05) is 0 Å². The SMILES string of the molecule is CC/C=C\C/C=C\C/C=C\C/C=C\C/C=C\C/C=C\CCCOCC(COC(=O)CCCCCCCC/C=C\C/C=C\C/C=C\CCCCC)OC(=O)CCCCCCC/C=C\CCCC. The third-order valence-corrected chi connectivity index (χ3v) is 11.0. The number of unbranched alkanes of at least 4 members (excludes halogenated alkanes) is 17. The molecule has 5 heteroatoms. The molecule has 0 bridgehead atoms. The van der Waals surface area contributed by atoms with Crippen molar-refractivity contribution in [3.8, 4) is 0 Å². The summed E-state index contributed by atoms with van der Waals surface area (Å²) in [5.74, 6) is -0.462. The molecule has 66 heavy (non-hydrogen) atoms. The fraction of sp³-hybridized carbons (Fsp3) is 0.639. The van der Waals surface area contributed by atoms with E-state index in [-0.39, 0.29) is 25.2 Å². The molecular weight excluding hydrogens is 813 g/mol. The Morgan fingerprint density at radius 3 is 1.15 bits per heavy atom. The quantitative estimate of drug-likeness (QED) is 0.0346. The van der Waals surface area contributed by atoms with E-state index in [1.165, 1.54) is 77.0 Å². The van der Waals surface area contributed by atoms with Crippen LogP contribution in [0.1, 0.15) is 226 Å². The molecule has 0 aliphatic heterocycles. The van der Waals surface area contributed by atoms with Gasteiger partial charge in [-0.25, -0.2) is 0 Å². The summed E-state index contributed by atoms with van der Waals surface area (Å²) in [6, 6.07) is 0. The van der Waals surface area contributed by atoms with Gasteiger partial charge in [0.05, 0.1) is 6.61 Å². The van der Waals surface area contributed by atoms with E-state index in [1.54, 1.807) is 0 Å². The predicted molar refractivity (Wildman–Crippen MR) is 288 cm³/mol. The number of hydrogen-bond donors (Lipinski definition) is 0. The number of ether oxygens (including phenoxy) is 3. The van der Waals surface area contributed by atoms with Gasteiger partial charge in [0.15, 0.2) is 6.10 Å². The van der Waals surface area contributed by atoms with E-state index in [0.29, 0.717) is 19.4 Å². The molecule has 374 valence electrons. The first-order valence-corrected chi connectivity index (χ1v) is 27.1. The van der Waals surface area contributed by atoms with Crippen molar-refractivity contribution >= 4 is 11.9 Å². The normalized spacial score (nSPS) is 13.2. The lowest BCUT2D eigenvalue weighted by molar-refractivity contribution is -0.163. The van der Waals surface area contributed by atoms with Gasteiger partial charge in [-0.1, -0.05) is 213 Å². The van der Waals surface area contributed by atoms with Gasteiger partial charge in [-0.05, 0) is 122 Å². The van der Waals surface area contributed by atoms with Crippen LogP contribution in [0.25, 0.3) is 0 Å². The first kappa shape index (κ1) is 62.3. The van der Waals surface area contributed by atoms with Crippen LogP contribution in [0.5, 0.6) is 0 Å². The van der Waals surface area contributed by atoms with E-state index in [2.05, 4.69) is 142 Å². The Bertz CT molecular complexity index is 1350. The lowest BCUT2D eigenvalue weighted by atomic mass is 10.1. The van der Waals surface area contributed by atoms with Crippen LogP contribution < -0.4 is 0 Å². The molecule has 0 aromatic carbocycles. The zero-order valence-corrected chi connectivity index (χ0v) is 42.9. The molecule has 0 fully saturated rings. The number of carbonyl (C=O) groups excluding carboxylic acids is 2. The third kappa shape index (κ3) is 52.9. The number of esters is 2. The fourth-order valence-electron chi connectivity index (χ4n) is 6.92. The van der Waals surface area contributed by atoms with Crippen molar-refractivity contribution in [3.05, 3.63) is 122 Å². The van der Waals surface area contributed by atoms with Gasteiger partial charge in [0.25, 0.3) is 0 Å². The number of rotatable bonds is 48. The first-order chi connectivity index (χ1) is 32.6. The minimum absolute atomic E-state index is 0.0446. The second kappa shape index (κ2) is 55.6. The molecule has 0 saturated heterocycles. The van der Waals surface area contributed by atoms with Gasteiger partial charge in [-0.3, -0.25) is 9.59 Å². The van der Waals surface area contributed by atoms with E-state index >= 15 is 0 Å². The van der Waals surface area contributed by atoms with Gasteiger partial charge in [-0.2, -0.15) is 0 Å². The molecule has 0 saturated carbocycles. The van der Waals surface area contributed by atoms with E-state index in [0.717, 1.165) is 116 Å². The van der Waals surface area contributed by atoms with Gasteiger partial charge in [0.2, 0.25) is 0 Å². The zero-order chi connectivity index (χ0) is 47.7. The Morgan fingerprint density at radius 2 is 0.697 bits per heavy atom. The third-order valence-electron chi connectivity index (χ3n) is 11.0. The van der Waals surface area contributed by atoms with Crippen LogP contribution >= 0.6 is 0 Å². The van der Waals surface area contributed by atoms with Crippen LogP contribution in [-0.4, -0.2) is 37.9 Å². The molecule has 0 aromatic heterocycles. The largest absolute Gasteiger partial charge is 0.462 e. The molecule has 0 aliphatic rings. The molecule has 0 spiro atoms. The monoisotopic (exact) mass is 913 g/mol. The van der Waals surface area contributed by atoms with Crippen LogP contribution in [0.4, 0.5) is 0 Å². The fourth-order valence-corrected chi connectivity index (χ4v) is 6.92. The highest BCUT2D eigenvalue weighted by atomic mass is 16.6. The topological polar surface area (TPSA) is 61.8 Å². The summed E-state index contributed by atoms with van der Waals surface area (Å²) in [6.45, 7) is 7.47. The van der Waals surface area contributed by atoms with Gasteiger partial charge in [0.1, 0.15) is 6.61 Å². The summed E-state index contributed by atoms with van der Waals surface area (Å²) in [6.07, 6.45) is 77.9. The summed E-state index contributed by atoms with van der Waals surface area (Å²) in [4.78, 5) is 25.4. The highest BCUT2D eigenvalue weighted by Crippen LogP contribution is 2.12. The molecule has 0 aliphatic carbocycles. The minimum Gasteiger partial charge on any atom is -0.462 e. The van der Waals surface area contributed by atoms with Crippen molar-refractivity contribution in [1.29, 1.82) is 0 Å². The maximum Gasteiger partial charge on any atom is 0.306 e. The smallest absolute Gasteiger partial charge is 0.306 e. The number of hydrogen-bond acceptors (Lipinski definition) is 5. The van der Waals surface area contributed by atoms with Crippen LogP contribution in [0.15, 0.2) is 122 Å². The summed E-state index contributed by atoms with van der Waals surface area (Å²) < 4.78 is 17.3. The highest BCUT2D eigenvalue weighted by Gasteiger charge is 2.17. The van der Waals surface area contributed by atoms with Gasteiger partial charge in [0, 0.05) is 19.4 Å². The molecule has 0 radical (unpaired) electrons. The molecule has 0 heterocycles. The summed E-state index contributed by atoms with van der Waals surface area (Å²) in [5.41, 5.74) is 0. The Labute approximate surface area is 407 Å². The minimum atomic E-state index is -0.584. The first-order valence-electron chi connectivity index (χ1n) is 27.1. The number of allylic oxidation sites excluding steroid dienone is 20. The Hall–Kier alpha value is -3.70. The highest BCUT2D eigenvalue weighted by molar-refractivity contribution is 5.70. The maximum absolute atomic E-state index is 12.8. The number of carbonyl (C=O) groups is 2. The van der Waals surface area contributed by atoms with Crippen LogP contribution in [0.2, 0.25) is 0 Å². The van der Waals surface area contributed by atoms with E-state index in [4.69, 9.17) is 14.2 Å². The zero-order valence-electron chi connectivity index (χ0n) is 42.9. The van der Waals surface area contributed by atoms with Crippen molar-refractivity contribution in [2.24, 2.45) is 0 Å². The Kier molecular flexibility index (Phi) is 52.5. The summed E-state index contributed by atoms with van der Waals surface area (Å²) >= 11 is 0. The Balaban J connectivity index is 4.38. The Morgan fingerprint density at radius 1 is 0.348 bits per heavy atom. The molecule has 0 amide bonds. The second-order valence-corrected chi connectivity index (χ2v) is 17.4. The van der Waals surface area contributed by atoms with Crippen molar-refractivity contribution in [2.75, 3.05) is 19.8 Å². The van der Waals surface area contributed by atoms with Crippen molar-refractivity contribution in [2.45, 2.75) is 232 Å². The second-order valence-electron chi connectivity index (χ2n) is 17.4. The predicted octanol–water partition coefficient (Wildman–Crippen LogP) is 18.6. The van der Waals surface area contributed by atoms with Gasteiger partial charge >= 0.3 is 11.9 Å². The van der Waals surface area contributed by atoms with Crippen molar-refractivity contribution in [3.63, 3.8) is 0 Å². The average molecular weight is 913 g/mol. The van der Waals surface area contributed by atoms with Gasteiger partial charge in [-0.15, -0.1) is 0 Å². The van der Waals surface area contributed by atoms with E-state index in [9.17, 15) is 9.59 Å². The lowest BCUT2D eigenvalue weighted by Gasteiger charge is -2.18. The van der Waals surface area contributed by atoms with Crippen LogP contribution in [-0.2, 0) is 23.8 Å². The van der Waals surface area contributed by atoms with Gasteiger partial charge < -0.3 is 14.2 Å². The molecule has 0 N–H and O–H groups in total. The van der Waals surface area contributed by atoms with Crippen molar-refractivity contribution < 1.29 is 23.8 Å². The van der Waals surface area contributed by atoms with Crippen LogP contribution in [0, 0.1) is 0 Å². The molecule has 0 rings (SSSR count).